The van der Waals surface area contributed by atoms with Crippen molar-refractivity contribution in [2.24, 2.45) is 0 Å². The Morgan fingerprint density at radius 3 is 1.62 bits per heavy atom. The van der Waals surface area contributed by atoms with E-state index in [0.29, 0.717) is 0 Å². The van der Waals surface area contributed by atoms with Crippen LogP contribution in [-0.2, 0) is 0 Å². The number of hydrogen-bond donors (Lipinski definition) is 0. The summed E-state index contributed by atoms with van der Waals surface area (Å²) in [6.07, 6.45) is 0. The first-order valence-corrected chi connectivity index (χ1v) is 8.72. The third-order valence-corrected chi connectivity index (χ3v) is 9.12. The van der Waals surface area contributed by atoms with E-state index >= 15 is 0 Å². The van der Waals surface area contributed by atoms with E-state index in [1.165, 1.54) is 11.1 Å². The van der Waals surface area contributed by atoms with E-state index in [-0.39, 0.29) is 0 Å². The van der Waals surface area contributed by atoms with Crippen LogP contribution in [0, 0.1) is 0 Å². The zero-order valence-corrected chi connectivity index (χ0v) is 11.5. The van der Waals surface area contributed by atoms with Crippen LogP contribution in [0.15, 0.2) is 48.5 Å². The van der Waals surface area contributed by atoms with E-state index in [1.54, 1.807) is 8.70 Å². The average Bonchev–Trinajstić information content (AvgIpc) is 2.63. The Morgan fingerprint density at radius 1 is 0.750 bits per heavy atom. The van der Waals surface area contributed by atoms with Crippen LogP contribution in [-0.4, -0.2) is 14.7 Å². The van der Waals surface area contributed by atoms with Gasteiger partial charge in [-0.1, -0.05) is 0 Å². The van der Waals surface area contributed by atoms with Gasteiger partial charge in [0, 0.05) is 0 Å². The molecule has 0 radical (unpaired) electrons. The Hall–Kier alpha value is -1.00. The van der Waals surface area contributed by atoms with Gasteiger partial charge in [-0.05, 0) is 0 Å². The molecule has 0 bridgehead atoms. The summed E-state index contributed by atoms with van der Waals surface area (Å²) < 4.78 is 4.09. The SMILES string of the molecule is CC(C)[As]1c2ccccc2-c2ccccc21. The molecule has 2 aromatic rings. The number of rotatable bonds is 1. The molecule has 2 aromatic carbocycles. The molecule has 1 heterocycles. The predicted octanol–water partition coefficient (Wildman–Crippen LogP) is 2.69. The van der Waals surface area contributed by atoms with Gasteiger partial charge in [0.25, 0.3) is 0 Å². The van der Waals surface area contributed by atoms with Crippen molar-refractivity contribution in [2.75, 3.05) is 0 Å². The third kappa shape index (κ3) is 1.37. The van der Waals surface area contributed by atoms with Crippen molar-refractivity contribution in [3.8, 4) is 11.1 Å². The molecule has 0 aromatic heterocycles. The molecular formula is C15H15As. The maximum absolute atomic E-state index is 2.37. The van der Waals surface area contributed by atoms with Gasteiger partial charge in [0.1, 0.15) is 0 Å². The molecule has 0 amide bonds. The average molecular weight is 270 g/mol. The Kier molecular flexibility index (Phi) is 2.41. The minimum atomic E-state index is -1.03. The number of hydrogen-bond acceptors (Lipinski definition) is 0. The molecule has 1 heteroatoms. The summed E-state index contributed by atoms with van der Waals surface area (Å²) in [5, 5.41) is 0. The van der Waals surface area contributed by atoms with Crippen molar-refractivity contribution in [1.82, 2.24) is 0 Å². The van der Waals surface area contributed by atoms with Crippen molar-refractivity contribution in [1.29, 1.82) is 0 Å². The van der Waals surface area contributed by atoms with Gasteiger partial charge in [0.15, 0.2) is 0 Å². The van der Waals surface area contributed by atoms with Gasteiger partial charge >= 0.3 is 102 Å². The van der Waals surface area contributed by atoms with Gasteiger partial charge in [-0.3, -0.25) is 0 Å². The van der Waals surface area contributed by atoms with Gasteiger partial charge in [-0.25, -0.2) is 0 Å². The van der Waals surface area contributed by atoms with Gasteiger partial charge < -0.3 is 0 Å². The van der Waals surface area contributed by atoms with Crippen molar-refractivity contribution in [2.45, 2.75) is 18.6 Å². The fraction of sp³-hybridized carbons (Fsp3) is 0.200. The van der Waals surface area contributed by atoms with Crippen molar-refractivity contribution >= 4 is 23.4 Å². The second-order valence-electron chi connectivity index (χ2n) is 4.50. The molecule has 0 aliphatic carbocycles. The second-order valence-corrected chi connectivity index (χ2v) is 10.2. The van der Waals surface area contributed by atoms with E-state index in [4.69, 9.17) is 0 Å². The molecule has 0 nitrogen and oxygen atoms in total. The van der Waals surface area contributed by atoms with E-state index < -0.39 is 14.7 Å². The molecule has 0 atom stereocenters. The first kappa shape index (κ1) is 10.2. The van der Waals surface area contributed by atoms with Crippen LogP contribution in [0.2, 0.25) is 4.71 Å². The molecule has 0 spiro atoms. The molecule has 80 valence electrons. The molecule has 0 saturated carbocycles. The second kappa shape index (κ2) is 3.78. The summed E-state index contributed by atoms with van der Waals surface area (Å²) in [5.41, 5.74) is 2.98. The first-order chi connectivity index (χ1) is 7.79. The quantitative estimate of drug-likeness (QED) is 0.699. The van der Waals surface area contributed by atoms with Crippen molar-refractivity contribution in [3.05, 3.63) is 48.5 Å². The first-order valence-electron chi connectivity index (χ1n) is 5.76. The normalized spacial score (nSPS) is 13.9. The van der Waals surface area contributed by atoms with E-state index in [2.05, 4.69) is 62.4 Å². The van der Waals surface area contributed by atoms with Crippen LogP contribution in [0.4, 0.5) is 0 Å². The Morgan fingerprint density at radius 2 is 1.19 bits per heavy atom. The summed E-state index contributed by atoms with van der Waals surface area (Å²) in [7, 11) is 0. The molecule has 16 heavy (non-hydrogen) atoms. The molecule has 0 unspecified atom stereocenters. The molecule has 0 fully saturated rings. The van der Waals surface area contributed by atoms with E-state index in [0.717, 1.165) is 4.71 Å². The zero-order valence-electron chi connectivity index (χ0n) is 9.64. The summed E-state index contributed by atoms with van der Waals surface area (Å²) in [6.45, 7) is 4.75. The number of fused-ring (bicyclic) bond motifs is 3. The zero-order chi connectivity index (χ0) is 11.1. The predicted molar refractivity (Wildman–Crippen MR) is 72.0 cm³/mol. The maximum atomic E-state index is 2.37. The summed E-state index contributed by atoms with van der Waals surface area (Å²) >= 11 is -1.03. The Labute approximate surface area is 102 Å². The van der Waals surface area contributed by atoms with Crippen molar-refractivity contribution < 1.29 is 0 Å². The van der Waals surface area contributed by atoms with Gasteiger partial charge in [0.05, 0.1) is 0 Å². The fourth-order valence-electron chi connectivity index (χ4n) is 2.51. The van der Waals surface area contributed by atoms with Crippen LogP contribution in [0.3, 0.4) is 0 Å². The molecule has 0 saturated heterocycles. The van der Waals surface area contributed by atoms with E-state index in [9.17, 15) is 0 Å². The standard InChI is InChI=1S/C15H15As/c1-11(2)16-14-9-5-3-7-12(14)13-8-4-6-10-15(13)16/h3-11H,1-2H3. The van der Waals surface area contributed by atoms with Crippen LogP contribution in [0.5, 0.6) is 0 Å². The van der Waals surface area contributed by atoms with Crippen LogP contribution < -0.4 is 8.70 Å². The van der Waals surface area contributed by atoms with Gasteiger partial charge in [0.2, 0.25) is 0 Å². The molecule has 1 aliphatic heterocycles. The van der Waals surface area contributed by atoms with Crippen LogP contribution in [0.25, 0.3) is 11.1 Å². The monoisotopic (exact) mass is 270 g/mol. The fourth-order valence-corrected chi connectivity index (χ4v) is 8.33. The van der Waals surface area contributed by atoms with Gasteiger partial charge in [-0.2, -0.15) is 0 Å². The van der Waals surface area contributed by atoms with Crippen LogP contribution >= 0.6 is 0 Å². The third-order valence-electron chi connectivity index (χ3n) is 3.13. The van der Waals surface area contributed by atoms with Crippen LogP contribution in [0.1, 0.15) is 13.8 Å². The molecule has 3 rings (SSSR count). The molecule has 1 aliphatic rings. The Bertz CT molecular complexity index is 483. The minimum absolute atomic E-state index is 0.803. The Balaban J connectivity index is 2.30. The molecular weight excluding hydrogens is 255 g/mol. The van der Waals surface area contributed by atoms with E-state index in [1.807, 2.05) is 0 Å². The summed E-state index contributed by atoms with van der Waals surface area (Å²) in [5.74, 6) is 0. The molecule has 0 N–H and O–H groups in total. The summed E-state index contributed by atoms with van der Waals surface area (Å²) in [6, 6.07) is 18.0. The number of benzene rings is 2. The van der Waals surface area contributed by atoms with Gasteiger partial charge in [-0.15, -0.1) is 0 Å². The van der Waals surface area contributed by atoms with Crippen molar-refractivity contribution in [3.63, 3.8) is 0 Å². The topological polar surface area (TPSA) is 0 Å². The summed E-state index contributed by atoms with van der Waals surface area (Å²) in [4.78, 5) is 0.